The first-order chi connectivity index (χ1) is 10.8. The number of amidine groups is 1. The molecule has 0 saturated heterocycles. The van der Waals surface area contributed by atoms with Gasteiger partial charge in [0, 0.05) is 18.4 Å². The van der Waals surface area contributed by atoms with E-state index in [0.717, 1.165) is 0 Å². The highest BCUT2D eigenvalue weighted by Crippen LogP contribution is 2.40. The van der Waals surface area contributed by atoms with Gasteiger partial charge in [-0.2, -0.15) is 4.99 Å². The molecular weight excluding hydrogens is 304 g/mol. The van der Waals surface area contributed by atoms with Crippen LogP contribution in [0.1, 0.15) is 33.1 Å². The normalized spacial score (nSPS) is 19.8. The smallest absolute Gasteiger partial charge is 0.261 e. The number of nitrogens with two attached hydrogens (primary N) is 2. The first-order valence-electron chi connectivity index (χ1n) is 7.47. The lowest BCUT2D eigenvalue weighted by atomic mass is 9.91. The highest BCUT2D eigenvalue weighted by atomic mass is 19.3. The fourth-order valence-corrected chi connectivity index (χ4v) is 2.01. The Hall–Kier alpha value is -2.02. The Kier molecular flexibility index (Phi) is 7.09. The molecule has 0 heterocycles. The van der Waals surface area contributed by atoms with Crippen LogP contribution in [0.3, 0.4) is 0 Å². The monoisotopic (exact) mass is 327 g/mol. The van der Waals surface area contributed by atoms with E-state index in [0.29, 0.717) is 17.8 Å². The molecule has 1 aliphatic carbocycles. The second kappa shape index (κ2) is 8.57. The number of aliphatic imine (C=N–C) groups is 1. The number of nitrogens with zero attached hydrogens (tertiary/aromatic N) is 1. The number of carbonyl (C=O) groups is 1. The van der Waals surface area contributed by atoms with Crippen molar-refractivity contribution in [3.63, 3.8) is 0 Å². The summed E-state index contributed by atoms with van der Waals surface area (Å²) in [4.78, 5) is 14.9. The SMILES string of the molecule is C\C=C/C(=C\C(=C\CC)OC1CC(F)(F)C1)C(N)=NC(=O)CN. The van der Waals surface area contributed by atoms with E-state index in [-0.39, 0.29) is 25.2 Å². The highest BCUT2D eigenvalue weighted by molar-refractivity contribution is 6.06. The Labute approximate surface area is 134 Å². The Bertz CT molecular complexity index is 544. The highest BCUT2D eigenvalue weighted by Gasteiger charge is 2.47. The summed E-state index contributed by atoms with van der Waals surface area (Å²) in [5.74, 6) is -2.76. The summed E-state index contributed by atoms with van der Waals surface area (Å²) in [7, 11) is 0. The lowest BCUT2D eigenvalue weighted by Crippen LogP contribution is -2.41. The zero-order chi connectivity index (χ0) is 17.5. The molecule has 0 aromatic rings. The molecule has 23 heavy (non-hydrogen) atoms. The molecule has 1 rings (SSSR count). The van der Waals surface area contributed by atoms with Crippen LogP contribution >= 0.6 is 0 Å². The minimum atomic E-state index is -2.65. The maximum atomic E-state index is 12.9. The van der Waals surface area contributed by atoms with Crippen LogP contribution in [0.25, 0.3) is 0 Å². The van der Waals surface area contributed by atoms with Gasteiger partial charge in [-0.3, -0.25) is 4.79 Å². The third kappa shape index (κ3) is 6.32. The molecule has 0 bridgehead atoms. The van der Waals surface area contributed by atoms with Gasteiger partial charge in [0.2, 0.25) is 0 Å². The van der Waals surface area contributed by atoms with Crippen molar-refractivity contribution < 1.29 is 18.3 Å². The predicted octanol–water partition coefficient (Wildman–Crippen LogP) is 2.44. The van der Waals surface area contributed by atoms with Gasteiger partial charge < -0.3 is 16.2 Å². The molecular formula is C16H23F2N3O2. The van der Waals surface area contributed by atoms with Gasteiger partial charge in [-0.25, -0.2) is 8.78 Å². The van der Waals surface area contributed by atoms with E-state index in [1.165, 1.54) is 0 Å². The third-order valence-electron chi connectivity index (χ3n) is 3.12. The van der Waals surface area contributed by atoms with E-state index in [2.05, 4.69) is 4.99 Å². The van der Waals surface area contributed by atoms with Gasteiger partial charge in [-0.05, 0) is 25.5 Å². The Morgan fingerprint density at radius 2 is 2.09 bits per heavy atom. The number of carbonyl (C=O) groups excluding carboxylic acids is 1. The van der Waals surface area contributed by atoms with Crippen LogP contribution < -0.4 is 11.5 Å². The van der Waals surface area contributed by atoms with Gasteiger partial charge in [0.1, 0.15) is 17.7 Å². The van der Waals surface area contributed by atoms with E-state index in [9.17, 15) is 13.6 Å². The first kappa shape index (κ1) is 19.0. The molecule has 1 saturated carbocycles. The zero-order valence-electron chi connectivity index (χ0n) is 13.4. The van der Waals surface area contributed by atoms with E-state index >= 15 is 0 Å². The van der Waals surface area contributed by atoms with Crippen molar-refractivity contribution in [3.05, 3.63) is 35.6 Å². The molecule has 1 amide bonds. The van der Waals surface area contributed by atoms with E-state index in [4.69, 9.17) is 16.2 Å². The van der Waals surface area contributed by atoms with E-state index in [1.54, 1.807) is 31.2 Å². The topological polar surface area (TPSA) is 90.7 Å². The summed E-state index contributed by atoms with van der Waals surface area (Å²) in [6, 6.07) is 0. The largest absolute Gasteiger partial charge is 0.490 e. The van der Waals surface area contributed by atoms with Gasteiger partial charge in [-0.15, -0.1) is 0 Å². The Balaban J connectivity index is 2.94. The Morgan fingerprint density at radius 3 is 2.57 bits per heavy atom. The number of ether oxygens (including phenoxy) is 1. The summed E-state index contributed by atoms with van der Waals surface area (Å²) >= 11 is 0. The van der Waals surface area contributed by atoms with Crippen molar-refractivity contribution in [2.45, 2.75) is 45.1 Å². The van der Waals surface area contributed by atoms with Crippen LogP contribution in [-0.4, -0.2) is 30.3 Å². The van der Waals surface area contributed by atoms with Gasteiger partial charge in [0.15, 0.2) is 0 Å². The van der Waals surface area contributed by atoms with Gasteiger partial charge in [-0.1, -0.05) is 19.1 Å². The first-order valence-corrected chi connectivity index (χ1v) is 7.47. The summed E-state index contributed by atoms with van der Waals surface area (Å²) < 4.78 is 31.4. The maximum Gasteiger partial charge on any atom is 0.261 e. The van der Waals surface area contributed by atoms with Crippen molar-refractivity contribution >= 4 is 11.7 Å². The summed E-state index contributed by atoms with van der Waals surface area (Å²) in [6.07, 6.45) is 6.28. The van der Waals surface area contributed by atoms with Crippen LogP contribution in [0.15, 0.2) is 40.6 Å². The summed E-state index contributed by atoms with van der Waals surface area (Å²) in [5, 5.41) is 0. The lowest BCUT2D eigenvalue weighted by Gasteiger charge is -2.35. The molecule has 4 N–H and O–H groups in total. The predicted molar refractivity (Wildman–Crippen MR) is 86.0 cm³/mol. The van der Waals surface area contributed by atoms with E-state index < -0.39 is 17.9 Å². The molecule has 0 spiro atoms. The number of alkyl halides is 2. The van der Waals surface area contributed by atoms with Gasteiger partial charge in [0.25, 0.3) is 11.8 Å². The number of halogens is 2. The summed E-state index contributed by atoms with van der Waals surface area (Å²) in [5.41, 5.74) is 11.5. The average molecular weight is 327 g/mol. The second-order valence-electron chi connectivity index (χ2n) is 5.21. The van der Waals surface area contributed by atoms with Crippen molar-refractivity contribution in [3.8, 4) is 0 Å². The van der Waals surface area contributed by atoms with Crippen molar-refractivity contribution in [2.75, 3.05) is 6.54 Å². The standard InChI is InChI=1S/C16H23F2N3O2/c1-3-5-11(15(20)21-14(22)10-19)7-12(6-4-2)23-13-8-16(17,18)9-13/h3,5-7,13H,4,8-10,19H2,1-2H3,(H2,20,21,22)/b5-3-,11-7+,12-6-. The molecule has 128 valence electrons. The van der Waals surface area contributed by atoms with Crippen LogP contribution in [-0.2, 0) is 9.53 Å². The number of amides is 1. The second-order valence-corrected chi connectivity index (χ2v) is 5.21. The number of hydrogen-bond donors (Lipinski definition) is 2. The van der Waals surface area contributed by atoms with Crippen LogP contribution in [0, 0.1) is 0 Å². The Morgan fingerprint density at radius 1 is 1.43 bits per heavy atom. The van der Waals surface area contributed by atoms with E-state index in [1.807, 2.05) is 6.92 Å². The quantitative estimate of drug-likeness (QED) is 0.325. The molecule has 1 fully saturated rings. The molecule has 0 radical (unpaired) electrons. The molecule has 0 unspecified atom stereocenters. The van der Waals surface area contributed by atoms with Gasteiger partial charge in [0.05, 0.1) is 6.54 Å². The third-order valence-corrected chi connectivity index (χ3v) is 3.12. The minimum absolute atomic E-state index is 0.00286. The number of hydrogen-bond acceptors (Lipinski definition) is 3. The maximum absolute atomic E-state index is 12.9. The fraction of sp³-hybridized carbons (Fsp3) is 0.500. The van der Waals surface area contributed by atoms with Gasteiger partial charge >= 0.3 is 0 Å². The average Bonchev–Trinajstić information content (AvgIpc) is 2.44. The van der Waals surface area contributed by atoms with Crippen LogP contribution in [0.2, 0.25) is 0 Å². The summed E-state index contributed by atoms with van der Waals surface area (Å²) in [6.45, 7) is 3.44. The number of allylic oxidation sites excluding steroid dienone is 3. The van der Waals surface area contributed by atoms with Crippen molar-refractivity contribution in [1.29, 1.82) is 0 Å². The van der Waals surface area contributed by atoms with Crippen molar-refractivity contribution in [2.24, 2.45) is 16.5 Å². The molecule has 0 aromatic heterocycles. The molecule has 0 aliphatic heterocycles. The van der Waals surface area contributed by atoms with Crippen molar-refractivity contribution in [1.82, 2.24) is 0 Å². The van der Waals surface area contributed by atoms with Crippen LogP contribution in [0.4, 0.5) is 8.78 Å². The zero-order valence-corrected chi connectivity index (χ0v) is 13.4. The lowest BCUT2D eigenvalue weighted by molar-refractivity contribution is -0.150. The molecule has 7 heteroatoms. The van der Waals surface area contributed by atoms with Crippen LogP contribution in [0.5, 0.6) is 0 Å². The molecule has 1 aliphatic rings. The molecule has 0 aromatic carbocycles. The molecule has 5 nitrogen and oxygen atoms in total. The molecule has 0 atom stereocenters. The fourth-order valence-electron chi connectivity index (χ4n) is 2.01. The minimum Gasteiger partial charge on any atom is -0.490 e. The number of rotatable bonds is 7.